The number of nitrogens with one attached hydrogen (secondary N) is 2. The summed E-state index contributed by atoms with van der Waals surface area (Å²) in [5, 5.41) is 15.0. The standard InChI is InChI=1S/C14H18N2O2/c17-10-13(11-6-2-1-3-7-11)16-14(18)15-12-8-4-5-9-12/h1-7,12-13,17H,8-10H2,(H2,15,16,18)/t13-/m1/s1. The van der Waals surface area contributed by atoms with Crippen LogP contribution in [0.5, 0.6) is 0 Å². The summed E-state index contributed by atoms with van der Waals surface area (Å²) in [5.74, 6) is 0. The smallest absolute Gasteiger partial charge is 0.315 e. The van der Waals surface area contributed by atoms with Crippen LogP contribution in [0.1, 0.15) is 24.4 Å². The Bertz CT molecular complexity index is 409. The van der Waals surface area contributed by atoms with Gasteiger partial charge in [0.05, 0.1) is 12.6 Å². The number of aliphatic hydroxyl groups is 1. The molecule has 3 N–H and O–H groups in total. The number of carbonyl (C=O) groups excluding carboxylic acids is 1. The fourth-order valence-corrected chi connectivity index (χ4v) is 2.04. The van der Waals surface area contributed by atoms with Crippen molar-refractivity contribution >= 4 is 6.03 Å². The third-order valence-corrected chi connectivity index (χ3v) is 3.03. The third-order valence-electron chi connectivity index (χ3n) is 3.03. The van der Waals surface area contributed by atoms with Crippen molar-refractivity contribution in [3.8, 4) is 0 Å². The summed E-state index contributed by atoms with van der Waals surface area (Å²) in [6.07, 6.45) is 5.88. The monoisotopic (exact) mass is 246 g/mol. The maximum atomic E-state index is 11.8. The van der Waals surface area contributed by atoms with E-state index in [-0.39, 0.29) is 24.7 Å². The molecule has 0 fully saturated rings. The van der Waals surface area contributed by atoms with Crippen LogP contribution in [-0.4, -0.2) is 23.8 Å². The SMILES string of the molecule is O=C(NC1CC=CC1)N[C@H](CO)c1ccccc1. The molecule has 1 aromatic rings. The van der Waals surface area contributed by atoms with Crippen molar-refractivity contribution in [2.45, 2.75) is 24.9 Å². The van der Waals surface area contributed by atoms with Gasteiger partial charge >= 0.3 is 6.03 Å². The molecule has 0 unspecified atom stereocenters. The highest BCUT2D eigenvalue weighted by atomic mass is 16.3. The first-order chi connectivity index (χ1) is 8.79. The molecule has 0 saturated heterocycles. The summed E-state index contributed by atoms with van der Waals surface area (Å²) in [7, 11) is 0. The Morgan fingerprint density at radius 2 is 1.94 bits per heavy atom. The van der Waals surface area contributed by atoms with Crippen LogP contribution in [0.3, 0.4) is 0 Å². The van der Waals surface area contributed by atoms with Gasteiger partial charge < -0.3 is 15.7 Å². The van der Waals surface area contributed by atoms with Crippen LogP contribution < -0.4 is 10.6 Å². The number of amides is 2. The summed E-state index contributed by atoms with van der Waals surface area (Å²) >= 11 is 0. The van der Waals surface area contributed by atoms with E-state index in [4.69, 9.17) is 0 Å². The highest BCUT2D eigenvalue weighted by molar-refractivity contribution is 5.75. The van der Waals surface area contributed by atoms with Crippen molar-refractivity contribution in [1.29, 1.82) is 0 Å². The highest BCUT2D eigenvalue weighted by Gasteiger charge is 2.17. The van der Waals surface area contributed by atoms with Gasteiger partial charge in [-0.3, -0.25) is 0 Å². The van der Waals surface area contributed by atoms with Crippen LogP contribution in [0, 0.1) is 0 Å². The van der Waals surface area contributed by atoms with Gasteiger partial charge in [-0.05, 0) is 18.4 Å². The Labute approximate surface area is 107 Å². The zero-order valence-corrected chi connectivity index (χ0v) is 10.2. The van der Waals surface area contributed by atoms with Crippen LogP contribution in [0.25, 0.3) is 0 Å². The Hall–Kier alpha value is -1.81. The zero-order valence-electron chi connectivity index (χ0n) is 10.2. The molecular weight excluding hydrogens is 228 g/mol. The third kappa shape index (κ3) is 3.34. The topological polar surface area (TPSA) is 61.4 Å². The lowest BCUT2D eigenvalue weighted by atomic mass is 10.1. The number of rotatable bonds is 4. The maximum Gasteiger partial charge on any atom is 0.315 e. The van der Waals surface area contributed by atoms with E-state index in [1.54, 1.807) is 0 Å². The molecule has 1 aliphatic carbocycles. The molecule has 2 rings (SSSR count). The summed E-state index contributed by atoms with van der Waals surface area (Å²) in [4.78, 5) is 11.8. The van der Waals surface area contributed by atoms with Gasteiger partial charge in [0, 0.05) is 6.04 Å². The zero-order chi connectivity index (χ0) is 12.8. The minimum Gasteiger partial charge on any atom is -0.394 e. The van der Waals surface area contributed by atoms with E-state index in [1.807, 2.05) is 30.3 Å². The summed E-state index contributed by atoms with van der Waals surface area (Å²) in [5.41, 5.74) is 0.902. The molecule has 0 heterocycles. The second-order valence-electron chi connectivity index (χ2n) is 4.40. The van der Waals surface area contributed by atoms with Gasteiger partial charge in [-0.25, -0.2) is 4.79 Å². The first-order valence-electron chi connectivity index (χ1n) is 6.17. The van der Waals surface area contributed by atoms with Crippen LogP contribution in [0.4, 0.5) is 4.79 Å². The lowest BCUT2D eigenvalue weighted by molar-refractivity contribution is 0.214. The Balaban J connectivity index is 1.88. The molecule has 0 spiro atoms. The lowest BCUT2D eigenvalue weighted by Crippen LogP contribution is -2.43. The number of aliphatic hydroxyl groups excluding tert-OH is 1. The quantitative estimate of drug-likeness (QED) is 0.709. The summed E-state index contributed by atoms with van der Waals surface area (Å²) in [6.45, 7) is -0.111. The molecule has 4 heteroatoms. The number of benzene rings is 1. The number of hydrogen-bond donors (Lipinski definition) is 3. The van der Waals surface area contributed by atoms with E-state index in [1.165, 1.54) is 0 Å². The van der Waals surface area contributed by atoms with Crippen LogP contribution in [-0.2, 0) is 0 Å². The van der Waals surface area contributed by atoms with Crippen LogP contribution in [0.15, 0.2) is 42.5 Å². The average Bonchev–Trinajstić information content (AvgIpc) is 2.90. The number of urea groups is 1. The largest absolute Gasteiger partial charge is 0.394 e. The second kappa shape index (κ2) is 6.21. The van der Waals surface area contributed by atoms with E-state index in [0.29, 0.717) is 0 Å². The van der Waals surface area contributed by atoms with E-state index in [9.17, 15) is 9.90 Å². The molecule has 0 aromatic heterocycles. The van der Waals surface area contributed by atoms with Gasteiger partial charge in [0.2, 0.25) is 0 Å². The normalized spacial score (nSPS) is 16.5. The fourth-order valence-electron chi connectivity index (χ4n) is 2.04. The average molecular weight is 246 g/mol. The Morgan fingerprint density at radius 3 is 2.56 bits per heavy atom. The van der Waals surface area contributed by atoms with Gasteiger partial charge in [-0.2, -0.15) is 0 Å². The molecule has 2 amide bonds. The maximum absolute atomic E-state index is 11.8. The van der Waals surface area contributed by atoms with Crippen molar-refractivity contribution in [2.24, 2.45) is 0 Å². The van der Waals surface area contributed by atoms with Gasteiger partial charge in [0.15, 0.2) is 0 Å². The molecule has 1 aliphatic rings. The molecule has 0 aliphatic heterocycles. The second-order valence-corrected chi connectivity index (χ2v) is 4.40. The van der Waals surface area contributed by atoms with Crippen molar-refractivity contribution < 1.29 is 9.90 Å². The van der Waals surface area contributed by atoms with E-state index in [2.05, 4.69) is 22.8 Å². The minimum absolute atomic E-state index is 0.111. The number of carbonyl (C=O) groups is 1. The van der Waals surface area contributed by atoms with Crippen LogP contribution in [0.2, 0.25) is 0 Å². The molecule has 1 atom stereocenters. The highest BCUT2D eigenvalue weighted by Crippen LogP contribution is 2.12. The molecule has 4 nitrogen and oxygen atoms in total. The predicted octanol–water partition coefficient (Wildman–Crippen LogP) is 1.74. The fraction of sp³-hybridized carbons (Fsp3) is 0.357. The van der Waals surface area contributed by atoms with Crippen molar-refractivity contribution in [1.82, 2.24) is 10.6 Å². The molecule has 1 aromatic carbocycles. The molecule has 0 saturated carbocycles. The van der Waals surface area contributed by atoms with Crippen molar-refractivity contribution in [3.05, 3.63) is 48.0 Å². The molecule has 96 valence electrons. The number of hydrogen-bond acceptors (Lipinski definition) is 2. The lowest BCUT2D eigenvalue weighted by Gasteiger charge is -2.19. The molecule has 0 radical (unpaired) electrons. The van der Waals surface area contributed by atoms with E-state index < -0.39 is 0 Å². The van der Waals surface area contributed by atoms with Crippen LogP contribution >= 0.6 is 0 Å². The van der Waals surface area contributed by atoms with Gasteiger partial charge in [-0.1, -0.05) is 42.5 Å². The first-order valence-corrected chi connectivity index (χ1v) is 6.17. The van der Waals surface area contributed by atoms with E-state index >= 15 is 0 Å². The Kier molecular flexibility index (Phi) is 4.36. The van der Waals surface area contributed by atoms with Gasteiger partial charge in [0.25, 0.3) is 0 Å². The predicted molar refractivity (Wildman–Crippen MR) is 70.1 cm³/mol. The van der Waals surface area contributed by atoms with Crippen molar-refractivity contribution in [3.63, 3.8) is 0 Å². The minimum atomic E-state index is -0.361. The molecule has 18 heavy (non-hydrogen) atoms. The Morgan fingerprint density at radius 1 is 1.28 bits per heavy atom. The van der Waals surface area contributed by atoms with Gasteiger partial charge in [0.1, 0.15) is 0 Å². The van der Waals surface area contributed by atoms with Crippen molar-refractivity contribution in [2.75, 3.05) is 6.61 Å². The summed E-state index contributed by atoms with van der Waals surface area (Å²) < 4.78 is 0. The van der Waals surface area contributed by atoms with E-state index in [0.717, 1.165) is 18.4 Å². The summed E-state index contributed by atoms with van der Waals surface area (Å²) in [6, 6.07) is 9.04. The molecule has 0 bridgehead atoms. The molecular formula is C14H18N2O2. The van der Waals surface area contributed by atoms with Gasteiger partial charge in [-0.15, -0.1) is 0 Å². The first kappa shape index (κ1) is 12.6.